The largest absolute Gasteiger partial charge is 0.245 e. The second-order valence-corrected chi connectivity index (χ2v) is 3.03. The molecule has 0 radical (unpaired) electrons. The summed E-state index contributed by atoms with van der Waals surface area (Å²) in [6.45, 7) is 4.00. The molecule has 0 unspecified atom stereocenters. The van der Waals surface area contributed by atoms with Gasteiger partial charge in [-0.25, -0.2) is 4.98 Å². The first-order chi connectivity index (χ1) is 5.97. The van der Waals surface area contributed by atoms with Crippen molar-refractivity contribution in [2.75, 3.05) is 0 Å². The van der Waals surface area contributed by atoms with Gasteiger partial charge in [0.15, 0.2) is 0 Å². The Bertz CT molecular complexity index is 257. The maximum Gasteiger partial charge on any atom is 0.0808 e. The second kappa shape index (κ2) is 4.88. The first-order valence-electron chi connectivity index (χ1n) is 4.23. The number of fused-ring (bicyclic) bond motifs is 1. The van der Waals surface area contributed by atoms with Crippen LogP contribution in [0.3, 0.4) is 0 Å². The summed E-state index contributed by atoms with van der Waals surface area (Å²) in [5.41, 5.74) is 2.99. The number of thiazole rings is 1. The van der Waals surface area contributed by atoms with Crippen molar-refractivity contribution < 1.29 is 0 Å². The Kier molecular flexibility index (Phi) is 3.74. The van der Waals surface area contributed by atoms with Crippen molar-refractivity contribution in [1.82, 2.24) is 4.98 Å². The number of rotatable bonds is 0. The maximum atomic E-state index is 4.20. The predicted octanol–water partition coefficient (Wildman–Crippen LogP) is 3.60. The number of aromatic nitrogens is 1. The molecule has 0 aromatic carbocycles. The Labute approximate surface area is 77.5 Å². The van der Waals surface area contributed by atoms with E-state index in [1.807, 2.05) is 19.4 Å². The topological polar surface area (TPSA) is 12.9 Å². The molecule has 1 aliphatic rings. The van der Waals surface area contributed by atoms with E-state index in [2.05, 4.69) is 29.3 Å². The summed E-state index contributed by atoms with van der Waals surface area (Å²) in [5.74, 6) is 0. The van der Waals surface area contributed by atoms with E-state index in [0.717, 1.165) is 12.1 Å². The molecule has 1 nitrogen and oxygen atoms in total. The molecule has 0 N–H and O–H groups in total. The van der Waals surface area contributed by atoms with E-state index in [1.165, 1.54) is 4.88 Å². The fourth-order valence-electron chi connectivity index (χ4n) is 0.947. The van der Waals surface area contributed by atoms with Gasteiger partial charge in [0.05, 0.1) is 16.1 Å². The van der Waals surface area contributed by atoms with Crippen LogP contribution in [0, 0.1) is 0 Å². The van der Waals surface area contributed by atoms with Crippen molar-refractivity contribution in [2.45, 2.75) is 20.3 Å². The third-order valence-electron chi connectivity index (χ3n) is 1.44. The van der Waals surface area contributed by atoms with Crippen LogP contribution in [0.4, 0.5) is 0 Å². The lowest BCUT2D eigenvalue weighted by Crippen LogP contribution is -1.70. The van der Waals surface area contributed by atoms with E-state index in [0.29, 0.717) is 0 Å². The number of hydrogen-bond acceptors (Lipinski definition) is 2. The summed E-state index contributed by atoms with van der Waals surface area (Å²) >= 11 is 1.69. The zero-order valence-electron chi connectivity index (χ0n) is 7.45. The Balaban J connectivity index is 0.000000336. The van der Waals surface area contributed by atoms with Crippen molar-refractivity contribution in [1.29, 1.82) is 0 Å². The zero-order valence-corrected chi connectivity index (χ0v) is 8.27. The van der Waals surface area contributed by atoms with Gasteiger partial charge in [-0.3, -0.25) is 0 Å². The van der Waals surface area contributed by atoms with Crippen molar-refractivity contribution in [3.63, 3.8) is 0 Å². The van der Waals surface area contributed by atoms with E-state index < -0.39 is 0 Å². The normalized spacial score (nSPS) is 12.8. The molecule has 0 amide bonds. The van der Waals surface area contributed by atoms with Gasteiger partial charge in [-0.2, -0.15) is 0 Å². The van der Waals surface area contributed by atoms with E-state index in [9.17, 15) is 0 Å². The molecule has 0 spiro atoms. The van der Waals surface area contributed by atoms with Gasteiger partial charge >= 0.3 is 0 Å². The Morgan fingerprint density at radius 1 is 1.25 bits per heavy atom. The van der Waals surface area contributed by atoms with Gasteiger partial charge in [0, 0.05) is 0 Å². The standard InChI is InChI=1S/C8H7NS.C2H6/c1-2-4-7-8(5-3-1)10-6-9-7;1-2/h2-6H,1H2;1-2H3. The van der Waals surface area contributed by atoms with Gasteiger partial charge in [-0.1, -0.05) is 26.0 Å². The average Bonchev–Trinajstić information content (AvgIpc) is 2.46. The first kappa shape index (κ1) is 9.20. The van der Waals surface area contributed by atoms with Crippen LogP contribution >= 0.6 is 11.3 Å². The van der Waals surface area contributed by atoms with Gasteiger partial charge in [-0.05, 0) is 18.6 Å². The Morgan fingerprint density at radius 3 is 2.83 bits per heavy atom. The third-order valence-corrected chi connectivity index (χ3v) is 2.25. The van der Waals surface area contributed by atoms with Crippen molar-refractivity contribution >= 4 is 23.5 Å². The molecule has 2 rings (SSSR count). The minimum atomic E-state index is 1.03. The van der Waals surface area contributed by atoms with Crippen LogP contribution < -0.4 is 0 Å². The summed E-state index contributed by atoms with van der Waals surface area (Å²) in [6.07, 6.45) is 9.52. The fourth-order valence-corrected chi connectivity index (χ4v) is 1.64. The Hall–Kier alpha value is -0.890. The summed E-state index contributed by atoms with van der Waals surface area (Å²) < 4.78 is 0. The molecular weight excluding hydrogens is 166 g/mol. The lowest BCUT2D eigenvalue weighted by molar-refractivity contribution is 1.37. The molecule has 0 atom stereocenters. The highest BCUT2D eigenvalue weighted by atomic mass is 32.1. The average molecular weight is 179 g/mol. The molecule has 1 heterocycles. The van der Waals surface area contributed by atoms with Gasteiger partial charge in [0.1, 0.15) is 0 Å². The summed E-state index contributed by atoms with van der Waals surface area (Å²) in [6, 6.07) is 0. The van der Waals surface area contributed by atoms with E-state index in [-0.39, 0.29) is 0 Å². The van der Waals surface area contributed by atoms with Gasteiger partial charge in [0.25, 0.3) is 0 Å². The molecule has 2 heteroatoms. The third kappa shape index (κ3) is 2.05. The van der Waals surface area contributed by atoms with Crippen LogP contribution in [0.2, 0.25) is 0 Å². The van der Waals surface area contributed by atoms with Gasteiger partial charge < -0.3 is 0 Å². The minimum absolute atomic E-state index is 1.03. The Morgan fingerprint density at radius 2 is 2.00 bits per heavy atom. The summed E-state index contributed by atoms with van der Waals surface area (Å²) in [7, 11) is 0. The molecule has 1 aromatic heterocycles. The number of allylic oxidation sites excluding steroid dienone is 2. The molecule has 1 aromatic rings. The maximum absolute atomic E-state index is 4.20. The smallest absolute Gasteiger partial charge is 0.0808 e. The predicted molar refractivity (Wildman–Crippen MR) is 56.1 cm³/mol. The monoisotopic (exact) mass is 179 g/mol. The second-order valence-electron chi connectivity index (χ2n) is 2.14. The fraction of sp³-hybridized carbons (Fsp3) is 0.300. The zero-order chi connectivity index (χ0) is 8.81. The molecular formula is C10H13NS. The van der Waals surface area contributed by atoms with Gasteiger partial charge in [-0.15, -0.1) is 11.3 Å². The highest BCUT2D eigenvalue weighted by Gasteiger charge is 1.99. The summed E-state index contributed by atoms with van der Waals surface area (Å²) in [4.78, 5) is 5.47. The summed E-state index contributed by atoms with van der Waals surface area (Å²) in [5, 5.41) is 0. The lowest BCUT2D eigenvalue weighted by atomic mass is 10.3. The quantitative estimate of drug-likeness (QED) is 0.593. The van der Waals surface area contributed by atoms with Gasteiger partial charge in [0.2, 0.25) is 0 Å². The van der Waals surface area contributed by atoms with Crippen molar-refractivity contribution in [2.24, 2.45) is 0 Å². The molecule has 1 aliphatic carbocycles. The van der Waals surface area contributed by atoms with Crippen LogP contribution in [0.15, 0.2) is 17.7 Å². The van der Waals surface area contributed by atoms with Crippen molar-refractivity contribution in [3.8, 4) is 0 Å². The highest BCUT2D eigenvalue weighted by molar-refractivity contribution is 7.10. The lowest BCUT2D eigenvalue weighted by Gasteiger charge is -1.82. The number of hydrogen-bond donors (Lipinski definition) is 0. The van der Waals surface area contributed by atoms with E-state index in [4.69, 9.17) is 0 Å². The highest BCUT2D eigenvalue weighted by Crippen LogP contribution is 2.19. The van der Waals surface area contributed by atoms with Crippen LogP contribution in [-0.4, -0.2) is 4.98 Å². The van der Waals surface area contributed by atoms with E-state index in [1.54, 1.807) is 11.3 Å². The van der Waals surface area contributed by atoms with Crippen LogP contribution in [0.1, 0.15) is 30.8 Å². The van der Waals surface area contributed by atoms with Crippen molar-refractivity contribution in [3.05, 3.63) is 28.2 Å². The number of nitrogens with zero attached hydrogens (tertiary/aromatic N) is 1. The SMILES string of the molecule is C1=Cc2ncsc2C=CC1.CC. The molecule has 0 aliphatic heterocycles. The molecule has 0 saturated carbocycles. The molecule has 12 heavy (non-hydrogen) atoms. The molecule has 0 saturated heterocycles. The minimum Gasteiger partial charge on any atom is -0.245 e. The van der Waals surface area contributed by atoms with E-state index >= 15 is 0 Å². The molecule has 0 bridgehead atoms. The first-order valence-corrected chi connectivity index (χ1v) is 5.11. The van der Waals surface area contributed by atoms with Crippen LogP contribution in [0.5, 0.6) is 0 Å². The molecule has 64 valence electrons. The van der Waals surface area contributed by atoms with Crippen LogP contribution in [-0.2, 0) is 0 Å². The molecule has 0 fully saturated rings. The van der Waals surface area contributed by atoms with Crippen LogP contribution in [0.25, 0.3) is 12.2 Å².